The molecule has 0 bridgehead atoms. The highest BCUT2D eigenvalue weighted by Crippen LogP contribution is 2.35. The summed E-state index contributed by atoms with van der Waals surface area (Å²) in [7, 11) is 0. The van der Waals surface area contributed by atoms with E-state index in [-0.39, 0.29) is 36.0 Å². The molecule has 0 aromatic heterocycles. The molecule has 2 aromatic rings. The zero-order valence-electron chi connectivity index (χ0n) is 17.7. The lowest BCUT2D eigenvalue weighted by Crippen LogP contribution is -2.42. The summed E-state index contributed by atoms with van der Waals surface area (Å²) in [6.45, 7) is 5.15. The summed E-state index contributed by atoms with van der Waals surface area (Å²) in [5, 5.41) is 15.4. The first kappa shape index (κ1) is 24.5. The van der Waals surface area contributed by atoms with Crippen LogP contribution in [0.3, 0.4) is 0 Å². The first-order chi connectivity index (χ1) is 15.6. The normalized spacial score (nSPS) is 17.8. The van der Waals surface area contributed by atoms with Crippen LogP contribution in [0.15, 0.2) is 48.7 Å². The van der Waals surface area contributed by atoms with Crippen molar-refractivity contribution in [1.29, 1.82) is 0 Å². The molecule has 2 amide bonds. The molecule has 3 unspecified atom stereocenters. The number of carbonyl (C=O) groups excluding carboxylic acids is 2. The Bertz CT molecular complexity index is 1070. The van der Waals surface area contributed by atoms with Gasteiger partial charge in [-0.2, -0.15) is 0 Å². The molecule has 0 saturated heterocycles. The van der Waals surface area contributed by atoms with E-state index in [4.69, 9.17) is 21.1 Å². The molecular weight excluding hydrogens is 458 g/mol. The smallest absolute Gasteiger partial charge is 0.265 e. The zero-order chi connectivity index (χ0) is 24.1. The monoisotopic (exact) mass is 480 g/mol. The predicted octanol–water partition coefficient (Wildman–Crippen LogP) is 3.41. The van der Waals surface area contributed by atoms with Gasteiger partial charge in [-0.25, -0.2) is 8.78 Å². The number of halogens is 3. The molecule has 0 radical (unpaired) electrons. The minimum Gasteiger partial charge on any atom is -0.484 e. The third-order valence-corrected chi connectivity index (χ3v) is 5.16. The second-order valence-corrected chi connectivity index (χ2v) is 8.08. The van der Waals surface area contributed by atoms with Gasteiger partial charge in [0.25, 0.3) is 11.8 Å². The van der Waals surface area contributed by atoms with Gasteiger partial charge in [0.05, 0.1) is 11.1 Å². The van der Waals surface area contributed by atoms with Crippen molar-refractivity contribution in [2.24, 2.45) is 0 Å². The second-order valence-electron chi connectivity index (χ2n) is 7.67. The van der Waals surface area contributed by atoms with Crippen LogP contribution in [-0.2, 0) is 9.59 Å². The van der Waals surface area contributed by atoms with Crippen LogP contribution in [0.1, 0.15) is 31.4 Å². The van der Waals surface area contributed by atoms with Gasteiger partial charge in [-0.1, -0.05) is 18.2 Å². The highest BCUT2D eigenvalue weighted by Gasteiger charge is 2.32. The largest absolute Gasteiger partial charge is 0.484 e. The van der Waals surface area contributed by atoms with Crippen LogP contribution in [0.4, 0.5) is 8.78 Å². The average molecular weight is 481 g/mol. The van der Waals surface area contributed by atoms with Gasteiger partial charge in [-0.05, 0) is 31.2 Å². The van der Waals surface area contributed by atoms with E-state index in [9.17, 15) is 23.5 Å². The van der Waals surface area contributed by atoms with E-state index in [2.05, 4.69) is 17.2 Å². The first-order valence-corrected chi connectivity index (χ1v) is 10.5. The van der Waals surface area contributed by atoms with Gasteiger partial charge in [-0.3, -0.25) is 9.59 Å². The van der Waals surface area contributed by atoms with E-state index in [1.807, 2.05) is 0 Å². The van der Waals surface area contributed by atoms with Gasteiger partial charge in [0.15, 0.2) is 12.7 Å². The molecule has 3 rings (SSSR count). The summed E-state index contributed by atoms with van der Waals surface area (Å²) >= 11 is 5.60. The van der Waals surface area contributed by atoms with Crippen LogP contribution >= 0.6 is 11.6 Å². The van der Waals surface area contributed by atoms with E-state index >= 15 is 0 Å². The summed E-state index contributed by atoms with van der Waals surface area (Å²) in [5.41, 5.74) is 0.732. The second kappa shape index (κ2) is 10.6. The quantitative estimate of drug-likeness (QED) is 0.538. The molecule has 10 heteroatoms. The zero-order valence-corrected chi connectivity index (χ0v) is 18.5. The number of carbonyl (C=O) groups is 2. The van der Waals surface area contributed by atoms with Crippen molar-refractivity contribution in [2.45, 2.75) is 38.0 Å². The Labute approximate surface area is 194 Å². The van der Waals surface area contributed by atoms with Crippen molar-refractivity contribution >= 4 is 23.4 Å². The lowest BCUT2D eigenvalue weighted by Gasteiger charge is -2.29. The minimum atomic E-state index is -1.02. The van der Waals surface area contributed by atoms with Gasteiger partial charge < -0.3 is 25.2 Å². The summed E-state index contributed by atoms with van der Waals surface area (Å²) < 4.78 is 37.6. The molecule has 3 atom stereocenters. The van der Waals surface area contributed by atoms with Gasteiger partial charge in [0.2, 0.25) is 0 Å². The van der Waals surface area contributed by atoms with Crippen molar-refractivity contribution in [3.8, 4) is 11.5 Å². The molecular formula is C23H23ClF2N2O5. The van der Waals surface area contributed by atoms with Crippen LogP contribution < -0.4 is 20.1 Å². The lowest BCUT2D eigenvalue weighted by molar-refractivity contribution is -0.129. The van der Waals surface area contributed by atoms with E-state index in [1.54, 1.807) is 6.92 Å². The lowest BCUT2D eigenvalue weighted by atomic mass is 9.98. The molecule has 0 saturated carbocycles. The summed E-state index contributed by atoms with van der Waals surface area (Å²) in [6.07, 6.45) is -1.77. The third kappa shape index (κ3) is 6.66. The van der Waals surface area contributed by atoms with Gasteiger partial charge in [0.1, 0.15) is 23.1 Å². The Morgan fingerprint density at radius 1 is 1.30 bits per heavy atom. The maximum Gasteiger partial charge on any atom is 0.265 e. The maximum atomic E-state index is 13.5. The highest BCUT2D eigenvalue weighted by molar-refractivity contribution is 6.30. The van der Waals surface area contributed by atoms with E-state index in [1.165, 1.54) is 24.3 Å². The molecule has 1 aliphatic rings. The van der Waals surface area contributed by atoms with E-state index < -0.39 is 41.7 Å². The van der Waals surface area contributed by atoms with Crippen molar-refractivity contribution in [2.75, 3.05) is 6.61 Å². The minimum absolute atomic E-state index is 0.00661. The van der Waals surface area contributed by atoms with Crippen LogP contribution in [0, 0.1) is 11.6 Å². The molecule has 33 heavy (non-hydrogen) atoms. The number of aliphatic hydroxyl groups is 1. The van der Waals surface area contributed by atoms with Crippen molar-refractivity contribution in [3.63, 3.8) is 0 Å². The van der Waals surface area contributed by atoms with Crippen LogP contribution in [0.25, 0.3) is 0 Å². The number of nitrogens with one attached hydrogen (secondary N) is 2. The average Bonchev–Trinajstić information content (AvgIpc) is 2.73. The number of hydrogen-bond acceptors (Lipinski definition) is 5. The SMILES string of the molecule is C=C(CC(C)NC(=O)COc1ccc(Cl)c(F)c1)NC(=O)C1CC(O)c2ccc(F)cc2O1. The fourth-order valence-electron chi connectivity index (χ4n) is 3.34. The number of hydrogen-bond donors (Lipinski definition) is 3. The van der Waals surface area contributed by atoms with Crippen molar-refractivity contribution < 1.29 is 33.0 Å². The summed E-state index contributed by atoms with van der Waals surface area (Å²) in [6, 6.07) is 7.18. The Balaban J connectivity index is 1.44. The molecule has 2 aromatic carbocycles. The molecule has 0 fully saturated rings. The van der Waals surface area contributed by atoms with Crippen LogP contribution in [-0.4, -0.2) is 35.7 Å². The molecule has 7 nitrogen and oxygen atoms in total. The van der Waals surface area contributed by atoms with Crippen molar-refractivity contribution in [3.05, 3.63) is 70.9 Å². The van der Waals surface area contributed by atoms with Gasteiger partial charge in [-0.15, -0.1) is 0 Å². The van der Waals surface area contributed by atoms with Crippen molar-refractivity contribution in [1.82, 2.24) is 10.6 Å². The predicted molar refractivity (Wildman–Crippen MR) is 117 cm³/mol. The van der Waals surface area contributed by atoms with E-state index in [0.717, 1.165) is 12.1 Å². The maximum absolute atomic E-state index is 13.5. The molecule has 176 valence electrons. The van der Waals surface area contributed by atoms with Gasteiger partial charge >= 0.3 is 0 Å². The number of fused-ring (bicyclic) bond motifs is 1. The number of aliphatic hydroxyl groups excluding tert-OH is 1. The fourth-order valence-corrected chi connectivity index (χ4v) is 3.45. The number of ether oxygens (including phenoxy) is 2. The van der Waals surface area contributed by atoms with E-state index in [0.29, 0.717) is 11.3 Å². The Morgan fingerprint density at radius 2 is 2.06 bits per heavy atom. The topological polar surface area (TPSA) is 96.9 Å². The molecule has 1 heterocycles. The summed E-state index contributed by atoms with van der Waals surface area (Å²) in [4.78, 5) is 24.6. The Hall–Kier alpha value is -3.17. The Kier molecular flexibility index (Phi) is 7.88. The molecule has 3 N–H and O–H groups in total. The van der Waals surface area contributed by atoms with Crippen LogP contribution in [0.2, 0.25) is 5.02 Å². The number of amides is 2. The molecule has 0 aliphatic carbocycles. The first-order valence-electron chi connectivity index (χ1n) is 10.1. The summed E-state index contributed by atoms with van der Waals surface area (Å²) in [5.74, 6) is -1.91. The fraction of sp³-hybridized carbons (Fsp3) is 0.304. The number of rotatable bonds is 8. The standard InChI is InChI=1S/C23H23ClF2N2O5/c1-12(27-22(30)11-32-15-4-6-17(24)18(26)9-15)7-13(2)28-23(31)21-10-19(29)16-5-3-14(25)8-20(16)33-21/h3-6,8-9,12,19,21,29H,2,7,10-11H2,1H3,(H,27,30)(H,28,31). The van der Waals surface area contributed by atoms with Crippen LogP contribution in [0.5, 0.6) is 11.5 Å². The molecule has 0 spiro atoms. The highest BCUT2D eigenvalue weighted by atomic mass is 35.5. The Morgan fingerprint density at radius 3 is 2.79 bits per heavy atom. The third-order valence-electron chi connectivity index (χ3n) is 4.85. The van der Waals surface area contributed by atoms with Gasteiger partial charge in [0, 0.05) is 42.3 Å². The number of benzene rings is 2. The molecule has 1 aliphatic heterocycles.